The molecular weight excluding hydrogens is 342 g/mol. The third kappa shape index (κ3) is 3.55. The van der Waals surface area contributed by atoms with Gasteiger partial charge in [-0.25, -0.2) is 18.4 Å². The lowest BCUT2D eigenvalue weighted by molar-refractivity contribution is -0.114. The van der Waals surface area contributed by atoms with Gasteiger partial charge in [-0.3, -0.25) is 9.10 Å². The van der Waals surface area contributed by atoms with Gasteiger partial charge in [-0.05, 0) is 30.2 Å². The topological polar surface area (TPSA) is 104 Å². The molecule has 0 bridgehead atoms. The first-order valence-corrected chi connectivity index (χ1v) is 9.44. The van der Waals surface area contributed by atoms with Gasteiger partial charge in [-0.15, -0.1) is 0 Å². The van der Waals surface area contributed by atoms with Crippen LogP contribution in [-0.2, 0) is 14.8 Å². The summed E-state index contributed by atoms with van der Waals surface area (Å²) in [7, 11) is -1.61. The second-order valence-electron chi connectivity index (χ2n) is 5.69. The Morgan fingerprint density at radius 2 is 2.04 bits per heavy atom. The van der Waals surface area contributed by atoms with E-state index < -0.39 is 10.0 Å². The maximum Gasteiger partial charge on any atom is 0.235 e. The van der Waals surface area contributed by atoms with Gasteiger partial charge in [0.2, 0.25) is 15.9 Å². The molecule has 2 aromatic rings. The highest BCUT2D eigenvalue weighted by atomic mass is 32.2. The number of rotatable bonds is 4. The molecule has 132 valence electrons. The fourth-order valence-corrected chi connectivity index (χ4v) is 4.32. The van der Waals surface area contributed by atoms with Gasteiger partial charge in [0.25, 0.3) is 0 Å². The van der Waals surface area contributed by atoms with E-state index in [2.05, 4.69) is 20.6 Å². The lowest BCUT2D eigenvalue weighted by Crippen LogP contribution is -2.26. The Labute approximate surface area is 146 Å². The minimum atomic E-state index is -3.31. The van der Waals surface area contributed by atoms with Gasteiger partial charge in [-0.1, -0.05) is 0 Å². The maximum absolute atomic E-state index is 12.3. The standard InChI is InChI=1S/C16H19N5O3S/c1-11(22)20-15-9-12(4-5-18-15)13-8-14(16(17-2)19-10-13)21-6-3-7-25(21,23)24/h4-5,8-10H,3,6-7H2,1-2H3,(H,17,19)(H,18,20,22). The largest absolute Gasteiger partial charge is 0.371 e. The van der Waals surface area contributed by atoms with Crippen molar-refractivity contribution in [1.29, 1.82) is 0 Å². The van der Waals surface area contributed by atoms with E-state index >= 15 is 0 Å². The van der Waals surface area contributed by atoms with Crippen molar-refractivity contribution in [3.63, 3.8) is 0 Å². The van der Waals surface area contributed by atoms with Gasteiger partial charge in [-0.2, -0.15) is 0 Å². The quantitative estimate of drug-likeness (QED) is 0.859. The first kappa shape index (κ1) is 17.2. The van der Waals surface area contributed by atoms with Crippen molar-refractivity contribution in [3.05, 3.63) is 30.6 Å². The molecule has 0 spiro atoms. The lowest BCUT2D eigenvalue weighted by Gasteiger charge is -2.20. The third-order valence-electron chi connectivity index (χ3n) is 3.87. The summed E-state index contributed by atoms with van der Waals surface area (Å²) in [5.41, 5.74) is 2.05. The van der Waals surface area contributed by atoms with E-state index in [1.165, 1.54) is 11.2 Å². The molecule has 0 aliphatic carbocycles. The highest BCUT2D eigenvalue weighted by molar-refractivity contribution is 7.93. The van der Waals surface area contributed by atoms with E-state index in [1.54, 1.807) is 37.6 Å². The average molecular weight is 361 g/mol. The summed E-state index contributed by atoms with van der Waals surface area (Å²) in [4.78, 5) is 19.6. The van der Waals surface area contributed by atoms with E-state index in [0.29, 0.717) is 30.3 Å². The van der Waals surface area contributed by atoms with Crippen LogP contribution in [0, 0.1) is 0 Å². The molecule has 3 heterocycles. The Hall–Kier alpha value is -2.68. The van der Waals surface area contributed by atoms with Gasteiger partial charge in [0, 0.05) is 38.5 Å². The minimum absolute atomic E-state index is 0.141. The molecule has 1 saturated heterocycles. The molecule has 0 aromatic carbocycles. The summed E-state index contributed by atoms with van der Waals surface area (Å²) >= 11 is 0. The zero-order valence-electron chi connectivity index (χ0n) is 14.0. The van der Waals surface area contributed by atoms with Crippen LogP contribution in [0.15, 0.2) is 30.6 Å². The van der Waals surface area contributed by atoms with Gasteiger partial charge < -0.3 is 10.6 Å². The normalized spacial score (nSPS) is 15.8. The molecule has 1 fully saturated rings. The van der Waals surface area contributed by atoms with Crippen LogP contribution in [0.2, 0.25) is 0 Å². The second-order valence-corrected chi connectivity index (χ2v) is 7.71. The molecule has 25 heavy (non-hydrogen) atoms. The van der Waals surface area contributed by atoms with Gasteiger partial charge in [0.15, 0.2) is 0 Å². The van der Waals surface area contributed by atoms with Crippen molar-refractivity contribution in [2.75, 3.05) is 34.3 Å². The Balaban J connectivity index is 2.04. The Bertz CT molecular complexity index is 914. The Morgan fingerprint density at radius 3 is 2.68 bits per heavy atom. The predicted octanol–water partition coefficient (Wildman–Crippen LogP) is 1.68. The van der Waals surface area contributed by atoms with Crippen LogP contribution >= 0.6 is 0 Å². The zero-order valence-corrected chi connectivity index (χ0v) is 14.8. The third-order valence-corrected chi connectivity index (χ3v) is 5.73. The summed E-state index contributed by atoms with van der Waals surface area (Å²) in [5, 5.41) is 5.57. The number of sulfonamides is 1. The molecular formula is C16H19N5O3S. The number of hydrogen-bond acceptors (Lipinski definition) is 6. The van der Waals surface area contributed by atoms with E-state index in [4.69, 9.17) is 0 Å². The summed E-state index contributed by atoms with van der Waals surface area (Å²) < 4.78 is 25.9. The van der Waals surface area contributed by atoms with Crippen molar-refractivity contribution >= 4 is 33.3 Å². The number of carbonyl (C=O) groups is 1. The molecule has 2 aromatic heterocycles. The van der Waals surface area contributed by atoms with Gasteiger partial charge in [0.05, 0.1) is 11.4 Å². The number of anilines is 3. The van der Waals surface area contributed by atoms with E-state index in [9.17, 15) is 13.2 Å². The van der Waals surface area contributed by atoms with Gasteiger partial charge >= 0.3 is 0 Å². The van der Waals surface area contributed by atoms with Gasteiger partial charge in [0.1, 0.15) is 11.6 Å². The Kier molecular flexibility index (Phi) is 4.58. The summed E-state index contributed by atoms with van der Waals surface area (Å²) in [5.74, 6) is 0.864. The molecule has 1 aliphatic heterocycles. The fourth-order valence-electron chi connectivity index (χ4n) is 2.76. The molecule has 2 N–H and O–H groups in total. The number of hydrogen-bond donors (Lipinski definition) is 2. The molecule has 1 amide bonds. The molecule has 0 saturated carbocycles. The number of pyridine rings is 2. The van der Waals surface area contributed by atoms with E-state index in [-0.39, 0.29) is 11.7 Å². The first-order valence-electron chi connectivity index (χ1n) is 7.83. The molecule has 3 rings (SSSR count). The number of aromatic nitrogens is 2. The van der Waals surface area contributed by atoms with Crippen molar-refractivity contribution < 1.29 is 13.2 Å². The van der Waals surface area contributed by atoms with Crippen LogP contribution < -0.4 is 14.9 Å². The SMILES string of the molecule is CNc1ncc(-c2ccnc(NC(C)=O)c2)cc1N1CCCS1(=O)=O. The van der Waals surface area contributed by atoms with Crippen molar-refractivity contribution in [2.45, 2.75) is 13.3 Å². The fraction of sp³-hybridized carbons (Fsp3) is 0.312. The van der Waals surface area contributed by atoms with Crippen LogP contribution in [0.5, 0.6) is 0 Å². The summed E-state index contributed by atoms with van der Waals surface area (Å²) in [6.07, 6.45) is 3.83. The highest BCUT2D eigenvalue weighted by Crippen LogP contribution is 2.33. The second kappa shape index (κ2) is 6.67. The van der Waals surface area contributed by atoms with Crippen molar-refractivity contribution in [3.8, 4) is 11.1 Å². The smallest absolute Gasteiger partial charge is 0.235 e. The lowest BCUT2D eigenvalue weighted by atomic mass is 10.1. The number of carbonyl (C=O) groups excluding carboxylic acids is 1. The molecule has 0 unspecified atom stereocenters. The van der Waals surface area contributed by atoms with E-state index in [0.717, 1.165) is 11.1 Å². The summed E-state index contributed by atoms with van der Waals surface area (Å²) in [6, 6.07) is 5.29. The van der Waals surface area contributed by atoms with Crippen LogP contribution in [0.25, 0.3) is 11.1 Å². The molecule has 1 aliphatic rings. The predicted molar refractivity (Wildman–Crippen MR) is 97.1 cm³/mol. The van der Waals surface area contributed by atoms with Crippen LogP contribution in [0.3, 0.4) is 0 Å². The summed E-state index contributed by atoms with van der Waals surface area (Å²) in [6.45, 7) is 1.85. The zero-order chi connectivity index (χ0) is 18.0. The molecule has 0 radical (unpaired) electrons. The molecule has 9 heteroatoms. The highest BCUT2D eigenvalue weighted by Gasteiger charge is 2.30. The first-order chi connectivity index (χ1) is 11.9. The monoisotopic (exact) mass is 361 g/mol. The number of nitrogens with zero attached hydrogens (tertiary/aromatic N) is 3. The van der Waals surface area contributed by atoms with Crippen LogP contribution in [-0.4, -0.2) is 43.6 Å². The van der Waals surface area contributed by atoms with E-state index in [1.807, 2.05) is 0 Å². The number of amides is 1. The van der Waals surface area contributed by atoms with Crippen LogP contribution in [0.4, 0.5) is 17.3 Å². The molecule has 8 nitrogen and oxygen atoms in total. The number of nitrogens with one attached hydrogen (secondary N) is 2. The van der Waals surface area contributed by atoms with Crippen LogP contribution in [0.1, 0.15) is 13.3 Å². The van der Waals surface area contributed by atoms with Crippen molar-refractivity contribution in [1.82, 2.24) is 9.97 Å². The average Bonchev–Trinajstić information content (AvgIpc) is 2.93. The Morgan fingerprint density at radius 1 is 1.24 bits per heavy atom. The molecule has 0 atom stereocenters. The van der Waals surface area contributed by atoms with Crippen molar-refractivity contribution in [2.24, 2.45) is 0 Å². The maximum atomic E-state index is 12.3. The minimum Gasteiger partial charge on any atom is -0.371 e.